The van der Waals surface area contributed by atoms with Gasteiger partial charge in [0.2, 0.25) is 17.8 Å². The lowest BCUT2D eigenvalue weighted by atomic mass is 10.1. The minimum Gasteiger partial charge on any atom is -0.495 e. The molecule has 0 spiro atoms. The number of amides is 2. The maximum Gasteiger partial charge on any atom is 0.250 e. The summed E-state index contributed by atoms with van der Waals surface area (Å²) in [6.45, 7) is 0. The van der Waals surface area contributed by atoms with Crippen LogP contribution in [-0.4, -0.2) is 33.7 Å². The van der Waals surface area contributed by atoms with Crippen LogP contribution in [0.2, 0.25) is 5.02 Å². The molecule has 1 aliphatic heterocycles. The van der Waals surface area contributed by atoms with Crippen LogP contribution < -0.4 is 15.4 Å². The van der Waals surface area contributed by atoms with Crippen molar-refractivity contribution >= 4 is 35.1 Å². The summed E-state index contributed by atoms with van der Waals surface area (Å²) >= 11 is 5.93. The molecule has 1 aromatic carbocycles. The van der Waals surface area contributed by atoms with Crippen molar-refractivity contribution in [3.8, 4) is 5.75 Å². The Morgan fingerprint density at radius 2 is 2.36 bits per heavy atom. The molecule has 1 atom stereocenters. The second-order valence-electron chi connectivity index (χ2n) is 4.63. The van der Waals surface area contributed by atoms with Crippen LogP contribution in [0.15, 0.2) is 24.5 Å². The molecule has 0 bridgehead atoms. The number of hydrogen-bond donors (Lipinski definition) is 2. The SMILES string of the molecule is COc1ccc(Cl)cc1NC(=O)[C@H]1CC(=O)Nc2ncnn21. The highest BCUT2D eigenvalue weighted by Crippen LogP contribution is 2.29. The van der Waals surface area contributed by atoms with Gasteiger partial charge in [-0.15, -0.1) is 0 Å². The maximum atomic E-state index is 12.5. The molecule has 9 heteroatoms. The molecule has 0 saturated carbocycles. The quantitative estimate of drug-likeness (QED) is 0.892. The lowest BCUT2D eigenvalue weighted by Crippen LogP contribution is -2.36. The minimum absolute atomic E-state index is 0.0227. The Kier molecular flexibility index (Phi) is 3.68. The van der Waals surface area contributed by atoms with E-state index < -0.39 is 11.9 Å². The van der Waals surface area contributed by atoms with E-state index >= 15 is 0 Å². The van der Waals surface area contributed by atoms with Gasteiger partial charge in [-0.3, -0.25) is 14.9 Å². The normalized spacial score (nSPS) is 16.6. The Bertz CT molecular complexity index is 745. The van der Waals surface area contributed by atoms with Gasteiger partial charge in [0.15, 0.2) is 0 Å². The third-order valence-corrected chi connectivity index (χ3v) is 3.46. The summed E-state index contributed by atoms with van der Waals surface area (Å²) in [4.78, 5) is 28.0. The van der Waals surface area contributed by atoms with Crippen LogP contribution >= 0.6 is 11.6 Å². The molecule has 1 aliphatic rings. The van der Waals surface area contributed by atoms with Gasteiger partial charge in [0, 0.05) is 5.02 Å². The van der Waals surface area contributed by atoms with Crippen molar-refractivity contribution in [3.63, 3.8) is 0 Å². The molecule has 2 N–H and O–H groups in total. The Morgan fingerprint density at radius 1 is 1.55 bits per heavy atom. The van der Waals surface area contributed by atoms with E-state index in [0.29, 0.717) is 16.5 Å². The van der Waals surface area contributed by atoms with Crippen LogP contribution in [0.1, 0.15) is 12.5 Å². The number of ether oxygens (including phenoxy) is 1. The number of carbonyl (C=O) groups is 2. The van der Waals surface area contributed by atoms with E-state index in [1.807, 2.05) is 0 Å². The molecule has 0 aliphatic carbocycles. The van der Waals surface area contributed by atoms with E-state index in [1.54, 1.807) is 18.2 Å². The molecule has 22 heavy (non-hydrogen) atoms. The Hall–Kier alpha value is -2.61. The van der Waals surface area contributed by atoms with E-state index in [0.717, 1.165) is 0 Å². The molecule has 1 aromatic heterocycles. The number of benzene rings is 1. The fourth-order valence-electron chi connectivity index (χ4n) is 2.20. The average Bonchev–Trinajstić information content (AvgIpc) is 2.94. The van der Waals surface area contributed by atoms with Gasteiger partial charge in [-0.1, -0.05) is 11.6 Å². The summed E-state index contributed by atoms with van der Waals surface area (Å²) in [5.41, 5.74) is 0.424. The van der Waals surface area contributed by atoms with E-state index in [4.69, 9.17) is 16.3 Å². The van der Waals surface area contributed by atoms with Gasteiger partial charge in [0.05, 0.1) is 19.2 Å². The highest BCUT2D eigenvalue weighted by Gasteiger charge is 2.32. The molecule has 8 nitrogen and oxygen atoms in total. The highest BCUT2D eigenvalue weighted by molar-refractivity contribution is 6.31. The van der Waals surface area contributed by atoms with Gasteiger partial charge in [-0.25, -0.2) is 4.68 Å². The predicted molar refractivity (Wildman–Crippen MR) is 78.9 cm³/mol. The second kappa shape index (κ2) is 5.64. The van der Waals surface area contributed by atoms with Gasteiger partial charge in [0.25, 0.3) is 0 Å². The van der Waals surface area contributed by atoms with Crippen molar-refractivity contribution in [2.75, 3.05) is 17.7 Å². The predicted octanol–water partition coefficient (Wildman–Crippen LogP) is 1.46. The molecule has 0 fully saturated rings. The standard InChI is InChI=1S/C13H12ClN5O3/c1-22-10-3-2-7(14)4-8(10)17-12(21)9-5-11(20)18-13-15-6-16-19(9)13/h2-4,6,9H,5H2,1H3,(H,17,21)(H,15,16,18,20)/t9-/m1/s1. The van der Waals surface area contributed by atoms with Gasteiger partial charge in [-0.2, -0.15) is 10.1 Å². The number of nitrogens with one attached hydrogen (secondary N) is 2. The van der Waals surface area contributed by atoms with Crippen LogP contribution in [0.4, 0.5) is 11.6 Å². The van der Waals surface area contributed by atoms with Gasteiger partial charge < -0.3 is 10.1 Å². The number of hydrogen-bond acceptors (Lipinski definition) is 5. The molecule has 2 aromatic rings. The zero-order chi connectivity index (χ0) is 15.7. The molecule has 0 unspecified atom stereocenters. The number of fused-ring (bicyclic) bond motifs is 1. The average molecular weight is 322 g/mol. The van der Waals surface area contributed by atoms with E-state index in [-0.39, 0.29) is 18.3 Å². The van der Waals surface area contributed by atoms with Gasteiger partial charge >= 0.3 is 0 Å². The molecular formula is C13H12ClN5O3. The summed E-state index contributed by atoms with van der Waals surface area (Å²) in [7, 11) is 1.49. The number of nitrogens with zero attached hydrogens (tertiary/aromatic N) is 3. The summed E-state index contributed by atoms with van der Waals surface area (Å²) in [6.07, 6.45) is 1.26. The van der Waals surface area contributed by atoms with E-state index in [9.17, 15) is 9.59 Å². The van der Waals surface area contributed by atoms with Crippen molar-refractivity contribution in [2.45, 2.75) is 12.5 Å². The highest BCUT2D eigenvalue weighted by atomic mass is 35.5. The third-order valence-electron chi connectivity index (χ3n) is 3.22. The molecular weight excluding hydrogens is 310 g/mol. The van der Waals surface area contributed by atoms with E-state index in [2.05, 4.69) is 20.7 Å². The topological polar surface area (TPSA) is 98.1 Å². The number of methoxy groups -OCH3 is 1. The van der Waals surface area contributed by atoms with Gasteiger partial charge in [-0.05, 0) is 18.2 Å². The number of rotatable bonds is 3. The fraction of sp³-hybridized carbons (Fsp3) is 0.231. The van der Waals surface area contributed by atoms with Crippen LogP contribution in [0, 0.1) is 0 Å². The van der Waals surface area contributed by atoms with Crippen LogP contribution in [0.3, 0.4) is 0 Å². The summed E-state index contributed by atoms with van der Waals surface area (Å²) in [5.74, 6) is 0.0205. The Balaban J connectivity index is 1.87. The fourth-order valence-corrected chi connectivity index (χ4v) is 2.38. The Morgan fingerprint density at radius 3 is 3.14 bits per heavy atom. The zero-order valence-corrected chi connectivity index (χ0v) is 12.3. The monoisotopic (exact) mass is 321 g/mol. The minimum atomic E-state index is -0.782. The number of aromatic nitrogens is 3. The number of carbonyl (C=O) groups excluding carboxylic acids is 2. The smallest absolute Gasteiger partial charge is 0.250 e. The van der Waals surface area contributed by atoms with Crippen LogP contribution in [-0.2, 0) is 9.59 Å². The van der Waals surface area contributed by atoms with Crippen molar-refractivity contribution in [1.82, 2.24) is 14.8 Å². The molecule has 3 rings (SSSR count). The van der Waals surface area contributed by atoms with Crippen molar-refractivity contribution < 1.29 is 14.3 Å². The molecule has 0 saturated heterocycles. The van der Waals surface area contributed by atoms with Crippen LogP contribution in [0.25, 0.3) is 0 Å². The zero-order valence-electron chi connectivity index (χ0n) is 11.5. The van der Waals surface area contributed by atoms with Crippen LogP contribution in [0.5, 0.6) is 5.75 Å². The first-order valence-corrected chi connectivity index (χ1v) is 6.80. The lowest BCUT2D eigenvalue weighted by molar-refractivity contribution is -0.125. The Labute approximate surface area is 130 Å². The summed E-state index contributed by atoms with van der Waals surface area (Å²) in [6, 6.07) is 4.09. The molecule has 114 valence electrons. The summed E-state index contributed by atoms with van der Waals surface area (Å²) in [5, 5.41) is 9.68. The number of anilines is 2. The second-order valence-corrected chi connectivity index (χ2v) is 5.07. The molecule has 2 amide bonds. The lowest BCUT2D eigenvalue weighted by Gasteiger charge is -2.23. The number of halogens is 1. The molecule has 0 radical (unpaired) electrons. The third kappa shape index (κ3) is 2.60. The van der Waals surface area contributed by atoms with Gasteiger partial charge in [0.1, 0.15) is 18.1 Å². The maximum absolute atomic E-state index is 12.5. The first-order valence-electron chi connectivity index (χ1n) is 6.42. The molecule has 2 heterocycles. The van der Waals surface area contributed by atoms with Crippen molar-refractivity contribution in [1.29, 1.82) is 0 Å². The largest absolute Gasteiger partial charge is 0.495 e. The summed E-state index contributed by atoms with van der Waals surface area (Å²) < 4.78 is 6.55. The first-order chi connectivity index (χ1) is 10.6. The van der Waals surface area contributed by atoms with Crippen molar-refractivity contribution in [2.24, 2.45) is 0 Å². The van der Waals surface area contributed by atoms with E-state index in [1.165, 1.54) is 18.1 Å². The first kappa shape index (κ1) is 14.3. The van der Waals surface area contributed by atoms with Crippen molar-refractivity contribution in [3.05, 3.63) is 29.5 Å².